The molecule has 2 heterocycles. The van der Waals surface area contributed by atoms with Gasteiger partial charge >= 0.3 is 0 Å². The minimum Gasteiger partial charge on any atom is -0.496 e. The first-order valence-electron chi connectivity index (χ1n) is 8.60. The largest absolute Gasteiger partial charge is 0.496 e. The minimum atomic E-state index is -0.532. The lowest BCUT2D eigenvalue weighted by molar-refractivity contribution is 0.412. The number of nitrogens with zero attached hydrogens (tertiary/aromatic N) is 2. The van der Waals surface area contributed by atoms with Crippen LogP contribution in [0.3, 0.4) is 0 Å². The molecule has 5 nitrogen and oxygen atoms in total. The number of pyridine rings is 2. The number of aromatic nitrogens is 2. The van der Waals surface area contributed by atoms with Crippen LogP contribution in [0.5, 0.6) is 5.75 Å². The maximum Gasteiger partial charge on any atom is 0.149 e. The molecule has 1 aromatic carbocycles. The molecule has 0 spiro atoms. The highest BCUT2D eigenvalue weighted by molar-refractivity contribution is 7.98. The van der Waals surface area contributed by atoms with Crippen LogP contribution in [0.15, 0.2) is 48.8 Å². The summed E-state index contributed by atoms with van der Waals surface area (Å²) in [7, 11) is 1.41. The Morgan fingerprint density at radius 1 is 1.07 bits per heavy atom. The van der Waals surface area contributed by atoms with Crippen molar-refractivity contribution in [2.75, 3.05) is 24.7 Å². The second kappa shape index (κ2) is 9.48. The van der Waals surface area contributed by atoms with Gasteiger partial charge in [0.15, 0.2) is 0 Å². The number of hydrogen-bond donors (Lipinski definition) is 2. The number of methoxy groups -OCH3 is 1. The molecule has 0 atom stereocenters. The molecule has 2 aromatic heterocycles. The van der Waals surface area contributed by atoms with E-state index in [0.717, 1.165) is 23.3 Å². The van der Waals surface area contributed by atoms with Crippen LogP contribution in [0.4, 0.5) is 20.4 Å². The quantitative estimate of drug-likeness (QED) is 0.545. The second-order valence-electron chi connectivity index (χ2n) is 5.91. The second-order valence-corrected chi connectivity index (χ2v) is 7.01. The highest BCUT2D eigenvalue weighted by Gasteiger charge is 2.13. The highest BCUT2D eigenvalue weighted by Crippen LogP contribution is 2.33. The first-order valence-corrected chi connectivity index (χ1v) is 9.75. The molecule has 0 bridgehead atoms. The third-order valence-electron chi connectivity index (χ3n) is 3.92. The van der Waals surface area contributed by atoms with Crippen molar-refractivity contribution < 1.29 is 13.5 Å². The monoisotopic (exact) mass is 402 g/mol. The van der Waals surface area contributed by atoms with E-state index in [1.807, 2.05) is 12.1 Å². The Balaban J connectivity index is 1.85. The molecule has 0 radical (unpaired) electrons. The lowest BCUT2D eigenvalue weighted by Gasteiger charge is -2.12. The maximum atomic E-state index is 14.4. The van der Waals surface area contributed by atoms with E-state index in [2.05, 4.69) is 15.3 Å². The molecule has 28 heavy (non-hydrogen) atoms. The Morgan fingerprint density at radius 2 is 1.89 bits per heavy atom. The first-order chi connectivity index (χ1) is 13.6. The van der Waals surface area contributed by atoms with Gasteiger partial charge in [-0.25, -0.2) is 18.7 Å². The van der Waals surface area contributed by atoms with E-state index >= 15 is 0 Å². The van der Waals surface area contributed by atoms with Crippen molar-refractivity contribution in [2.45, 2.75) is 5.75 Å². The molecule has 0 saturated carbocycles. The number of anilines is 2. The van der Waals surface area contributed by atoms with Crippen molar-refractivity contribution in [3.05, 3.63) is 66.0 Å². The molecule has 0 aliphatic heterocycles. The molecule has 0 unspecified atom stereocenters. The fourth-order valence-corrected chi connectivity index (χ4v) is 3.36. The van der Waals surface area contributed by atoms with Crippen LogP contribution in [0.1, 0.15) is 5.56 Å². The van der Waals surface area contributed by atoms with Gasteiger partial charge in [-0.15, -0.1) is 0 Å². The van der Waals surface area contributed by atoms with Crippen molar-refractivity contribution in [1.29, 1.82) is 0 Å². The van der Waals surface area contributed by atoms with E-state index in [9.17, 15) is 8.78 Å². The van der Waals surface area contributed by atoms with Gasteiger partial charge in [0.1, 0.15) is 29.0 Å². The minimum absolute atomic E-state index is 0.244. The molecule has 146 valence electrons. The smallest absolute Gasteiger partial charge is 0.149 e. The van der Waals surface area contributed by atoms with Crippen molar-refractivity contribution in [2.24, 2.45) is 5.73 Å². The number of thioether (sulfide) groups is 1. The number of ether oxygens (including phenoxy) is 1. The lowest BCUT2D eigenvalue weighted by atomic mass is 10.0. The molecule has 3 N–H and O–H groups in total. The van der Waals surface area contributed by atoms with Crippen LogP contribution >= 0.6 is 11.8 Å². The van der Waals surface area contributed by atoms with Crippen molar-refractivity contribution in [3.8, 4) is 16.9 Å². The normalized spacial score (nSPS) is 10.7. The van der Waals surface area contributed by atoms with Gasteiger partial charge < -0.3 is 15.8 Å². The molecular formula is C20H20F2N4OS. The van der Waals surface area contributed by atoms with Crippen molar-refractivity contribution >= 4 is 23.4 Å². The Bertz CT molecular complexity index is 955. The molecule has 0 aliphatic carbocycles. The average Bonchev–Trinajstić information content (AvgIpc) is 2.70. The van der Waals surface area contributed by atoms with Gasteiger partial charge in [-0.3, -0.25) is 0 Å². The Labute approximate surface area is 166 Å². The Morgan fingerprint density at radius 3 is 2.68 bits per heavy atom. The molecule has 0 amide bonds. The first kappa shape index (κ1) is 20.0. The van der Waals surface area contributed by atoms with Gasteiger partial charge in [-0.1, -0.05) is 0 Å². The summed E-state index contributed by atoms with van der Waals surface area (Å²) < 4.78 is 33.0. The maximum absolute atomic E-state index is 14.4. The third-order valence-corrected chi connectivity index (χ3v) is 4.98. The van der Waals surface area contributed by atoms with E-state index in [4.69, 9.17) is 10.5 Å². The van der Waals surface area contributed by atoms with Gasteiger partial charge in [0.25, 0.3) is 0 Å². The summed E-state index contributed by atoms with van der Waals surface area (Å²) in [5.74, 6) is 1.98. The van der Waals surface area contributed by atoms with Crippen LogP contribution in [0, 0.1) is 11.6 Å². The zero-order valence-corrected chi connectivity index (χ0v) is 16.1. The van der Waals surface area contributed by atoms with E-state index in [0.29, 0.717) is 23.7 Å². The highest BCUT2D eigenvalue weighted by atomic mass is 32.2. The molecule has 3 rings (SSSR count). The van der Waals surface area contributed by atoms with Gasteiger partial charge in [-0.2, -0.15) is 11.8 Å². The molecule has 3 aromatic rings. The molecule has 0 aliphatic rings. The number of hydrogen-bond acceptors (Lipinski definition) is 6. The van der Waals surface area contributed by atoms with Gasteiger partial charge in [-0.05, 0) is 35.9 Å². The van der Waals surface area contributed by atoms with Crippen LogP contribution in [-0.4, -0.2) is 29.4 Å². The predicted octanol–water partition coefficient (Wildman–Crippen LogP) is 4.37. The topological polar surface area (TPSA) is 73.1 Å². The van der Waals surface area contributed by atoms with Crippen LogP contribution in [-0.2, 0) is 5.75 Å². The molecule has 0 saturated heterocycles. The van der Waals surface area contributed by atoms with Crippen LogP contribution in [0.2, 0.25) is 0 Å². The summed E-state index contributed by atoms with van der Waals surface area (Å²) in [5.41, 5.74) is 7.30. The summed E-state index contributed by atoms with van der Waals surface area (Å²) in [4.78, 5) is 8.36. The fraction of sp³-hybridized carbons (Fsp3) is 0.200. The van der Waals surface area contributed by atoms with Gasteiger partial charge in [0.2, 0.25) is 0 Å². The summed E-state index contributed by atoms with van der Waals surface area (Å²) in [6.45, 7) is 0.635. The van der Waals surface area contributed by atoms with Crippen LogP contribution in [0.25, 0.3) is 11.1 Å². The molecule has 8 heteroatoms. The zero-order valence-electron chi connectivity index (χ0n) is 15.3. The summed E-state index contributed by atoms with van der Waals surface area (Å²) in [5, 5.41) is 3.08. The Kier molecular flexibility index (Phi) is 6.78. The van der Waals surface area contributed by atoms with Gasteiger partial charge in [0.05, 0.1) is 13.3 Å². The summed E-state index contributed by atoms with van der Waals surface area (Å²) in [6, 6.07) is 9.34. The van der Waals surface area contributed by atoms with Crippen molar-refractivity contribution in [3.63, 3.8) is 0 Å². The van der Waals surface area contributed by atoms with Crippen LogP contribution < -0.4 is 15.8 Å². The fourth-order valence-electron chi connectivity index (χ4n) is 2.64. The van der Waals surface area contributed by atoms with E-state index < -0.39 is 11.6 Å². The predicted molar refractivity (Wildman–Crippen MR) is 109 cm³/mol. The SMILES string of the molecule is COc1cc(F)ccc1-c1cc(Nc2cc(CSCCN)ccn2)ncc1F. The number of benzene rings is 1. The van der Waals surface area contributed by atoms with Gasteiger partial charge in [0, 0.05) is 41.4 Å². The van der Waals surface area contributed by atoms with Crippen molar-refractivity contribution in [1.82, 2.24) is 9.97 Å². The number of halogens is 2. The lowest BCUT2D eigenvalue weighted by Crippen LogP contribution is -2.02. The third kappa shape index (κ3) is 4.96. The van der Waals surface area contributed by atoms with E-state index in [1.165, 1.54) is 25.3 Å². The number of rotatable bonds is 8. The van der Waals surface area contributed by atoms with E-state index in [-0.39, 0.29) is 11.3 Å². The zero-order chi connectivity index (χ0) is 19.9. The average molecular weight is 402 g/mol. The van der Waals surface area contributed by atoms with E-state index in [1.54, 1.807) is 24.0 Å². The molecule has 0 fully saturated rings. The standard InChI is InChI=1S/C20H20F2N4OS/c1-27-18-9-14(21)2-3-15(18)16-10-20(25-11-17(16)22)26-19-8-13(4-6-24-19)12-28-7-5-23/h2-4,6,8-11H,5,7,12,23H2,1H3,(H,24,25,26). The Hall–Kier alpha value is -2.71. The number of nitrogens with two attached hydrogens (primary N) is 1. The summed E-state index contributed by atoms with van der Waals surface area (Å²) in [6.07, 6.45) is 2.82. The summed E-state index contributed by atoms with van der Waals surface area (Å²) >= 11 is 1.74. The molecular weight excluding hydrogens is 382 g/mol. The number of nitrogens with one attached hydrogen (secondary N) is 1.